The summed E-state index contributed by atoms with van der Waals surface area (Å²) >= 11 is 12.0. The van der Waals surface area contributed by atoms with Gasteiger partial charge in [-0.15, -0.1) is 0 Å². The summed E-state index contributed by atoms with van der Waals surface area (Å²) in [7, 11) is 0. The van der Waals surface area contributed by atoms with E-state index in [0.717, 1.165) is 28.3 Å². The number of fused-ring (bicyclic) bond motifs is 1. The van der Waals surface area contributed by atoms with E-state index in [2.05, 4.69) is 28.3 Å². The van der Waals surface area contributed by atoms with Crippen molar-refractivity contribution in [1.82, 2.24) is 9.97 Å². The summed E-state index contributed by atoms with van der Waals surface area (Å²) in [5.41, 5.74) is 2.03. The number of halogens is 2. The highest BCUT2D eigenvalue weighted by Gasteiger charge is 2.08. The lowest BCUT2D eigenvalue weighted by Crippen LogP contribution is -2.11. The predicted octanol–water partition coefficient (Wildman–Crippen LogP) is 5.15. The highest BCUT2D eigenvalue weighted by atomic mass is 35.5. The van der Waals surface area contributed by atoms with Crippen LogP contribution in [0.15, 0.2) is 48.8 Å². The first-order valence-electron chi connectivity index (χ1n) is 7.03. The van der Waals surface area contributed by atoms with Crippen molar-refractivity contribution >= 4 is 39.9 Å². The van der Waals surface area contributed by atoms with Gasteiger partial charge in [0, 0.05) is 22.0 Å². The molecule has 3 aromatic rings. The number of hydrogen-bond acceptors (Lipinski definition) is 3. The zero-order valence-electron chi connectivity index (χ0n) is 12.1. The Hall–Kier alpha value is -1.84. The molecule has 0 aliphatic heterocycles. The van der Waals surface area contributed by atoms with E-state index in [1.54, 1.807) is 6.33 Å². The molecule has 0 saturated carbocycles. The molecule has 0 bridgehead atoms. The minimum Gasteiger partial charge on any atom is -0.369 e. The second-order valence-electron chi connectivity index (χ2n) is 5.22. The van der Waals surface area contributed by atoms with Crippen LogP contribution in [0, 0.1) is 0 Å². The van der Waals surface area contributed by atoms with Crippen LogP contribution >= 0.6 is 23.2 Å². The van der Waals surface area contributed by atoms with Crippen LogP contribution in [0.5, 0.6) is 0 Å². The molecule has 1 N–H and O–H groups in total. The molecule has 1 unspecified atom stereocenters. The Morgan fingerprint density at radius 1 is 1.05 bits per heavy atom. The van der Waals surface area contributed by atoms with Crippen LogP contribution in [0.2, 0.25) is 10.0 Å². The lowest BCUT2D eigenvalue weighted by Gasteiger charge is -2.15. The van der Waals surface area contributed by atoms with Crippen LogP contribution < -0.4 is 5.32 Å². The van der Waals surface area contributed by atoms with Crippen molar-refractivity contribution in [3.8, 4) is 0 Å². The maximum atomic E-state index is 6.05. The summed E-state index contributed by atoms with van der Waals surface area (Å²) < 4.78 is 0. The van der Waals surface area contributed by atoms with E-state index in [-0.39, 0.29) is 0 Å². The van der Waals surface area contributed by atoms with Gasteiger partial charge in [-0.2, -0.15) is 0 Å². The zero-order valence-corrected chi connectivity index (χ0v) is 13.6. The topological polar surface area (TPSA) is 37.8 Å². The minimum atomic E-state index is 0.316. The molecule has 22 heavy (non-hydrogen) atoms. The fourth-order valence-corrected chi connectivity index (χ4v) is 2.72. The van der Waals surface area contributed by atoms with E-state index < -0.39 is 0 Å². The van der Waals surface area contributed by atoms with Crippen LogP contribution in [-0.4, -0.2) is 16.5 Å². The molecule has 1 aromatic heterocycles. The molecule has 0 radical (unpaired) electrons. The number of nitrogens with zero attached hydrogens (tertiary/aromatic N) is 2. The van der Waals surface area contributed by atoms with Gasteiger partial charge >= 0.3 is 0 Å². The Kier molecular flexibility index (Phi) is 4.46. The number of anilines is 1. The third-order valence-electron chi connectivity index (χ3n) is 3.59. The van der Waals surface area contributed by atoms with Gasteiger partial charge < -0.3 is 5.32 Å². The molecular weight excluding hydrogens is 317 g/mol. The lowest BCUT2D eigenvalue weighted by molar-refractivity contribution is 0.802. The largest absolute Gasteiger partial charge is 0.369 e. The van der Waals surface area contributed by atoms with Crippen LogP contribution in [0.25, 0.3) is 10.9 Å². The van der Waals surface area contributed by atoms with Gasteiger partial charge in [-0.1, -0.05) is 42.3 Å². The number of aromatic nitrogens is 2. The van der Waals surface area contributed by atoms with Crippen LogP contribution in [0.3, 0.4) is 0 Å². The summed E-state index contributed by atoms with van der Waals surface area (Å²) in [5, 5.41) is 5.78. The van der Waals surface area contributed by atoms with Crippen molar-refractivity contribution in [3.05, 3.63) is 64.4 Å². The van der Waals surface area contributed by atoms with Crippen molar-refractivity contribution < 1.29 is 0 Å². The Labute approximate surface area is 139 Å². The SMILES string of the molecule is CC(CNc1ncnc2cc(Cl)ccc12)c1cccc(Cl)c1. The van der Waals surface area contributed by atoms with E-state index in [1.807, 2.05) is 36.4 Å². The number of benzene rings is 2. The van der Waals surface area contributed by atoms with Crippen molar-refractivity contribution in [3.63, 3.8) is 0 Å². The van der Waals surface area contributed by atoms with Crippen LogP contribution in [0.1, 0.15) is 18.4 Å². The average Bonchev–Trinajstić information content (AvgIpc) is 2.52. The van der Waals surface area contributed by atoms with Crippen molar-refractivity contribution in [2.75, 3.05) is 11.9 Å². The van der Waals surface area contributed by atoms with Crippen molar-refractivity contribution in [2.24, 2.45) is 0 Å². The summed E-state index contributed by atoms with van der Waals surface area (Å²) in [4.78, 5) is 8.57. The quantitative estimate of drug-likeness (QED) is 0.718. The molecule has 0 saturated heterocycles. The van der Waals surface area contributed by atoms with Gasteiger partial charge in [-0.25, -0.2) is 9.97 Å². The van der Waals surface area contributed by atoms with Crippen LogP contribution in [0.4, 0.5) is 5.82 Å². The molecular formula is C17H15Cl2N3. The Balaban J connectivity index is 1.79. The molecule has 0 spiro atoms. The van der Waals surface area contributed by atoms with Crippen molar-refractivity contribution in [1.29, 1.82) is 0 Å². The van der Waals surface area contributed by atoms with E-state index in [4.69, 9.17) is 23.2 Å². The number of nitrogens with one attached hydrogen (secondary N) is 1. The minimum absolute atomic E-state index is 0.316. The highest BCUT2D eigenvalue weighted by molar-refractivity contribution is 6.31. The van der Waals surface area contributed by atoms with Gasteiger partial charge in [0.1, 0.15) is 12.1 Å². The number of hydrogen-bond donors (Lipinski definition) is 1. The first kappa shape index (κ1) is 15.1. The third-order valence-corrected chi connectivity index (χ3v) is 4.06. The van der Waals surface area contributed by atoms with Crippen LogP contribution in [-0.2, 0) is 0 Å². The summed E-state index contributed by atoms with van der Waals surface area (Å²) in [6.45, 7) is 2.91. The summed E-state index contributed by atoms with van der Waals surface area (Å²) in [6, 6.07) is 13.5. The van der Waals surface area contributed by atoms with Gasteiger partial charge in [0.05, 0.1) is 5.52 Å². The molecule has 1 heterocycles. The van der Waals surface area contributed by atoms with Gasteiger partial charge in [0.15, 0.2) is 0 Å². The second kappa shape index (κ2) is 6.51. The molecule has 3 rings (SSSR count). The Morgan fingerprint density at radius 3 is 2.68 bits per heavy atom. The van der Waals surface area contributed by atoms with E-state index in [0.29, 0.717) is 10.9 Å². The Morgan fingerprint density at radius 2 is 1.86 bits per heavy atom. The lowest BCUT2D eigenvalue weighted by atomic mass is 10.0. The third kappa shape index (κ3) is 3.32. The number of rotatable bonds is 4. The summed E-state index contributed by atoms with van der Waals surface area (Å²) in [5.74, 6) is 1.13. The molecule has 3 nitrogen and oxygen atoms in total. The van der Waals surface area contributed by atoms with Crippen molar-refractivity contribution in [2.45, 2.75) is 12.8 Å². The van der Waals surface area contributed by atoms with E-state index in [1.165, 1.54) is 5.56 Å². The van der Waals surface area contributed by atoms with E-state index in [9.17, 15) is 0 Å². The van der Waals surface area contributed by atoms with Gasteiger partial charge in [0.2, 0.25) is 0 Å². The normalized spacial score (nSPS) is 12.3. The maximum Gasteiger partial charge on any atom is 0.137 e. The molecule has 1 atom stereocenters. The van der Waals surface area contributed by atoms with Gasteiger partial charge in [-0.05, 0) is 41.8 Å². The molecule has 5 heteroatoms. The molecule has 112 valence electrons. The predicted molar refractivity (Wildman–Crippen MR) is 92.9 cm³/mol. The first-order valence-corrected chi connectivity index (χ1v) is 7.78. The molecule has 0 amide bonds. The monoisotopic (exact) mass is 331 g/mol. The fraction of sp³-hybridized carbons (Fsp3) is 0.176. The molecule has 0 aliphatic rings. The molecule has 2 aromatic carbocycles. The second-order valence-corrected chi connectivity index (χ2v) is 6.09. The highest BCUT2D eigenvalue weighted by Crippen LogP contribution is 2.24. The maximum absolute atomic E-state index is 6.05. The first-order chi connectivity index (χ1) is 10.6. The standard InChI is InChI=1S/C17H15Cl2N3/c1-11(12-3-2-4-13(18)7-12)9-20-17-15-6-5-14(19)8-16(15)21-10-22-17/h2-8,10-11H,9H2,1H3,(H,20,21,22). The average molecular weight is 332 g/mol. The molecule has 0 fully saturated rings. The fourth-order valence-electron chi connectivity index (χ4n) is 2.35. The van der Waals surface area contributed by atoms with E-state index >= 15 is 0 Å². The Bertz CT molecular complexity index is 805. The van der Waals surface area contributed by atoms with Gasteiger partial charge in [0.25, 0.3) is 0 Å². The zero-order chi connectivity index (χ0) is 15.5. The smallest absolute Gasteiger partial charge is 0.137 e. The van der Waals surface area contributed by atoms with Gasteiger partial charge in [-0.3, -0.25) is 0 Å². The molecule has 0 aliphatic carbocycles. The summed E-state index contributed by atoms with van der Waals surface area (Å²) in [6.07, 6.45) is 1.55.